The molecule has 0 aliphatic rings. The van der Waals surface area contributed by atoms with Crippen molar-refractivity contribution in [2.45, 2.75) is 12.6 Å². The van der Waals surface area contributed by atoms with E-state index < -0.39 is 11.7 Å². The predicted octanol–water partition coefficient (Wildman–Crippen LogP) is 4.34. The van der Waals surface area contributed by atoms with E-state index in [0.717, 1.165) is 6.07 Å². The van der Waals surface area contributed by atoms with Crippen LogP contribution in [0.3, 0.4) is 0 Å². The Morgan fingerprint density at radius 2 is 1.94 bits per heavy atom. The van der Waals surface area contributed by atoms with E-state index in [1.807, 2.05) is 0 Å². The average Bonchev–Trinajstić information content (AvgIpc) is 2.16. The monoisotopic (exact) mass is 266 g/mol. The lowest BCUT2D eigenvalue weighted by atomic mass is 10.1. The summed E-state index contributed by atoms with van der Waals surface area (Å²) in [6.45, 7) is 0. The van der Waals surface area contributed by atoms with Crippen LogP contribution < -0.4 is 0 Å². The Balaban J connectivity index is 3.15. The Bertz CT molecular complexity index is 427. The van der Waals surface area contributed by atoms with Crippen LogP contribution in [0.4, 0.5) is 13.2 Å². The molecule has 0 fully saturated rings. The van der Waals surface area contributed by atoms with Gasteiger partial charge in [0, 0.05) is 22.9 Å². The van der Waals surface area contributed by atoms with Gasteiger partial charge in [-0.1, -0.05) is 23.4 Å². The van der Waals surface area contributed by atoms with Crippen molar-refractivity contribution in [3.63, 3.8) is 0 Å². The van der Waals surface area contributed by atoms with E-state index in [1.54, 1.807) is 0 Å². The molecule has 0 aliphatic carbocycles. The van der Waals surface area contributed by atoms with Gasteiger partial charge in [-0.3, -0.25) is 0 Å². The molecule has 86 valence electrons. The van der Waals surface area contributed by atoms with Crippen LogP contribution in [0.1, 0.15) is 17.5 Å². The normalized spacial score (nSPS) is 10.8. The van der Waals surface area contributed by atoms with Gasteiger partial charge in [-0.05, 0) is 18.2 Å². The van der Waals surface area contributed by atoms with Crippen LogP contribution in [-0.2, 0) is 6.18 Å². The van der Waals surface area contributed by atoms with E-state index in [9.17, 15) is 13.2 Å². The summed E-state index contributed by atoms with van der Waals surface area (Å²) >= 11 is 11.0. The highest BCUT2D eigenvalue weighted by Gasteiger charge is 2.32. The Labute approximate surface area is 101 Å². The van der Waals surface area contributed by atoms with Gasteiger partial charge in [-0.25, -0.2) is 0 Å². The average molecular weight is 267 g/mol. The molecule has 0 heterocycles. The van der Waals surface area contributed by atoms with Gasteiger partial charge < -0.3 is 0 Å². The maximum absolute atomic E-state index is 12.6. The van der Waals surface area contributed by atoms with Crippen LogP contribution in [0, 0.1) is 11.8 Å². The Kier molecular flexibility index (Phi) is 4.52. The molecular formula is C11H7Cl2F3. The second kappa shape index (κ2) is 5.47. The minimum atomic E-state index is -4.42. The topological polar surface area (TPSA) is 0 Å². The number of hydrogen-bond acceptors (Lipinski definition) is 0. The lowest BCUT2D eigenvalue weighted by molar-refractivity contribution is -0.137. The number of benzene rings is 1. The first-order valence-electron chi connectivity index (χ1n) is 4.36. The summed E-state index contributed by atoms with van der Waals surface area (Å²) in [7, 11) is 0. The molecule has 0 spiro atoms. The molecule has 0 amide bonds. The lowest BCUT2D eigenvalue weighted by Crippen LogP contribution is -2.07. The third-order valence-electron chi connectivity index (χ3n) is 1.73. The maximum Gasteiger partial charge on any atom is 0.417 e. The molecule has 1 aromatic rings. The van der Waals surface area contributed by atoms with Crippen LogP contribution in [0.15, 0.2) is 18.2 Å². The summed E-state index contributed by atoms with van der Waals surface area (Å²) in [5.41, 5.74) is -0.899. The van der Waals surface area contributed by atoms with Crippen LogP contribution in [0.25, 0.3) is 0 Å². The molecule has 16 heavy (non-hydrogen) atoms. The summed E-state index contributed by atoms with van der Waals surface area (Å²) in [5.74, 6) is 5.26. The number of hydrogen-bond donors (Lipinski definition) is 0. The minimum absolute atomic E-state index is 0.120. The minimum Gasteiger partial charge on any atom is -0.166 e. The fourth-order valence-electron chi connectivity index (χ4n) is 1.07. The lowest BCUT2D eigenvalue weighted by Gasteiger charge is -2.08. The maximum atomic E-state index is 12.6. The van der Waals surface area contributed by atoms with Crippen molar-refractivity contribution in [3.8, 4) is 11.8 Å². The molecule has 0 saturated carbocycles. The summed E-state index contributed by atoms with van der Waals surface area (Å²) in [4.78, 5) is 0. The van der Waals surface area contributed by atoms with Crippen molar-refractivity contribution in [3.05, 3.63) is 34.3 Å². The fourth-order valence-corrected chi connectivity index (χ4v) is 1.34. The first-order valence-corrected chi connectivity index (χ1v) is 5.28. The molecule has 0 aromatic heterocycles. The molecule has 1 rings (SSSR count). The van der Waals surface area contributed by atoms with Gasteiger partial charge in [0.2, 0.25) is 0 Å². The zero-order chi connectivity index (χ0) is 12.2. The predicted molar refractivity (Wildman–Crippen MR) is 58.7 cm³/mol. The summed E-state index contributed by atoms with van der Waals surface area (Å²) in [6.07, 6.45) is -4.08. The standard InChI is InChI=1S/C11H7Cl2F3/c12-6-2-1-3-8-7-9(13)4-5-10(8)11(14,15)16/h4-5,7H,2,6H2. The van der Waals surface area contributed by atoms with Crippen molar-refractivity contribution in [1.82, 2.24) is 0 Å². The summed E-state index contributed by atoms with van der Waals surface area (Å²) in [5, 5.41) is 0.225. The Morgan fingerprint density at radius 3 is 2.50 bits per heavy atom. The molecule has 0 nitrogen and oxygen atoms in total. The number of rotatable bonds is 1. The van der Waals surface area contributed by atoms with Crippen molar-refractivity contribution < 1.29 is 13.2 Å². The van der Waals surface area contributed by atoms with Crippen LogP contribution >= 0.6 is 23.2 Å². The first kappa shape index (κ1) is 13.2. The van der Waals surface area contributed by atoms with Gasteiger partial charge >= 0.3 is 6.18 Å². The molecule has 0 unspecified atom stereocenters. The molecule has 0 aliphatic heterocycles. The molecule has 0 atom stereocenters. The Morgan fingerprint density at radius 1 is 1.25 bits per heavy atom. The van der Waals surface area contributed by atoms with Crippen molar-refractivity contribution in [2.24, 2.45) is 0 Å². The second-order valence-corrected chi connectivity index (χ2v) is 3.74. The quantitative estimate of drug-likeness (QED) is 0.524. The number of alkyl halides is 4. The van der Waals surface area contributed by atoms with Crippen LogP contribution in [0.2, 0.25) is 5.02 Å². The fraction of sp³-hybridized carbons (Fsp3) is 0.273. The molecule has 0 bridgehead atoms. The van der Waals surface area contributed by atoms with Crippen molar-refractivity contribution >= 4 is 23.2 Å². The van der Waals surface area contributed by atoms with E-state index in [4.69, 9.17) is 23.2 Å². The van der Waals surface area contributed by atoms with E-state index in [1.165, 1.54) is 12.1 Å². The third kappa shape index (κ3) is 3.62. The summed E-state index contributed by atoms with van der Waals surface area (Å²) < 4.78 is 37.7. The third-order valence-corrected chi connectivity index (χ3v) is 2.15. The molecule has 0 N–H and O–H groups in total. The Hall–Kier alpha value is -0.850. The zero-order valence-electron chi connectivity index (χ0n) is 8.04. The van der Waals surface area contributed by atoms with E-state index in [0.29, 0.717) is 6.42 Å². The molecule has 5 heteroatoms. The summed E-state index contributed by atoms with van der Waals surface area (Å²) in [6, 6.07) is 3.32. The van der Waals surface area contributed by atoms with E-state index >= 15 is 0 Å². The largest absolute Gasteiger partial charge is 0.417 e. The molecule has 0 radical (unpaired) electrons. The highest BCUT2D eigenvalue weighted by Crippen LogP contribution is 2.32. The van der Waals surface area contributed by atoms with Gasteiger partial charge in [-0.15, -0.1) is 11.6 Å². The van der Waals surface area contributed by atoms with Gasteiger partial charge in [-0.2, -0.15) is 13.2 Å². The molecule has 0 saturated heterocycles. The zero-order valence-corrected chi connectivity index (χ0v) is 9.55. The highest BCUT2D eigenvalue weighted by atomic mass is 35.5. The van der Waals surface area contributed by atoms with Gasteiger partial charge in [0.05, 0.1) is 5.56 Å². The highest BCUT2D eigenvalue weighted by molar-refractivity contribution is 6.30. The van der Waals surface area contributed by atoms with Gasteiger partial charge in [0.15, 0.2) is 0 Å². The van der Waals surface area contributed by atoms with E-state index in [2.05, 4.69) is 11.8 Å². The van der Waals surface area contributed by atoms with E-state index in [-0.39, 0.29) is 16.5 Å². The van der Waals surface area contributed by atoms with Gasteiger partial charge in [0.1, 0.15) is 0 Å². The molecule has 1 aromatic carbocycles. The van der Waals surface area contributed by atoms with Crippen LogP contribution in [0.5, 0.6) is 0 Å². The van der Waals surface area contributed by atoms with Crippen LogP contribution in [-0.4, -0.2) is 5.88 Å². The number of halogens is 5. The van der Waals surface area contributed by atoms with Gasteiger partial charge in [0.25, 0.3) is 0 Å². The van der Waals surface area contributed by atoms with Crippen molar-refractivity contribution in [1.29, 1.82) is 0 Å². The molecular weight excluding hydrogens is 260 g/mol. The van der Waals surface area contributed by atoms with Crippen molar-refractivity contribution in [2.75, 3.05) is 5.88 Å². The first-order chi connectivity index (χ1) is 7.45. The smallest absolute Gasteiger partial charge is 0.166 e. The SMILES string of the molecule is FC(F)(F)c1ccc(Cl)cc1C#CCCCl. The second-order valence-electron chi connectivity index (χ2n) is 2.93.